The number of imidazole rings is 1. The van der Waals surface area contributed by atoms with Crippen molar-refractivity contribution >= 4 is 0 Å². The summed E-state index contributed by atoms with van der Waals surface area (Å²) in [4.78, 5) is 13.1. The highest BCUT2D eigenvalue weighted by Gasteiger charge is 2.16. The zero-order chi connectivity index (χ0) is 13.5. The largest absolute Gasteiger partial charge is 0.335 e. The Bertz CT molecular complexity index is 480. The first kappa shape index (κ1) is 13.7. The molecule has 2 aromatic heterocycles. The van der Waals surface area contributed by atoms with Crippen LogP contribution in [0.3, 0.4) is 0 Å². The zero-order valence-corrected chi connectivity index (χ0v) is 11.6. The Kier molecular flexibility index (Phi) is 5.03. The fourth-order valence-electron chi connectivity index (χ4n) is 2.06. The summed E-state index contributed by atoms with van der Waals surface area (Å²) in [5, 5.41) is 3.50. The molecule has 0 aliphatic heterocycles. The summed E-state index contributed by atoms with van der Waals surface area (Å²) in [5.74, 6) is 1.91. The second-order valence-electron chi connectivity index (χ2n) is 4.45. The number of nitrogens with zero attached hydrogens (tertiary/aromatic N) is 4. The van der Waals surface area contributed by atoms with E-state index in [0.717, 1.165) is 37.6 Å². The van der Waals surface area contributed by atoms with E-state index in [1.54, 1.807) is 12.4 Å². The molecule has 0 aromatic carbocycles. The minimum Gasteiger partial charge on any atom is -0.335 e. The molecule has 1 unspecified atom stereocenters. The Morgan fingerprint density at radius 3 is 2.63 bits per heavy atom. The van der Waals surface area contributed by atoms with Gasteiger partial charge in [-0.3, -0.25) is 0 Å². The van der Waals surface area contributed by atoms with E-state index in [-0.39, 0.29) is 6.04 Å². The third-order valence-corrected chi connectivity index (χ3v) is 3.07. The maximum Gasteiger partial charge on any atom is 0.145 e. The van der Waals surface area contributed by atoms with E-state index < -0.39 is 0 Å². The molecular formula is C14H21N5. The van der Waals surface area contributed by atoms with Crippen molar-refractivity contribution in [1.82, 2.24) is 24.8 Å². The second-order valence-corrected chi connectivity index (χ2v) is 4.45. The number of hydrogen-bond acceptors (Lipinski definition) is 4. The molecular weight excluding hydrogens is 238 g/mol. The van der Waals surface area contributed by atoms with Gasteiger partial charge in [0.25, 0.3) is 0 Å². The highest BCUT2D eigenvalue weighted by molar-refractivity contribution is 5.03. The van der Waals surface area contributed by atoms with Gasteiger partial charge in [-0.25, -0.2) is 15.0 Å². The SMILES string of the molecule is CCCNC(Cc1nccn1CC)c1ncccn1. The molecule has 2 heterocycles. The first-order valence-corrected chi connectivity index (χ1v) is 6.85. The van der Waals surface area contributed by atoms with E-state index in [9.17, 15) is 0 Å². The van der Waals surface area contributed by atoms with Crippen LogP contribution in [0.2, 0.25) is 0 Å². The van der Waals surface area contributed by atoms with Crippen molar-refractivity contribution < 1.29 is 0 Å². The van der Waals surface area contributed by atoms with Crippen molar-refractivity contribution in [3.8, 4) is 0 Å². The normalized spacial score (nSPS) is 12.5. The molecule has 5 heteroatoms. The Balaban J connectivity index is 2.14. The van der Waals surface area contributed by atoms with Crippen LogP contribution < -0.4 is 5.32 Å². The van der Waals surface area contributed by atoms with Gasteiger partial charge >= 0.3 is 0 Å². The molecule has 5 nitrogen and oxygen atoms in total. The second kappa shape index (κ2) is 6.99. The molecule has 0 fully saturated rings. The Labute approximate surface area is 114 Å². The lowest BCUT2D eigenvalue weighted by molar-refractivity contribution is 0.485. The maximum atomic E-state index is 4.43. The summed E-state index contributed by atoms with van der Waals surface area (Å²) < 4.78 is 2.16. The van der Waals surface area contributed by atoms with E-state index in [0.29, 0.717) is 0 Å². The van der Waals surface area contributed by atoms with Crippen LogP contribution in [0.1, 0.15) is 38.0 Å². The number of rotatable bonds is 7. The average molecular weight is 259 g/mol. The molecule has 0 radical (unpaired) electrons. The van der Waals surface area contributed by atoms with Gasteiger partial charge in [0.2, 0.25) is 0 Å². The van der Waals surface area contributed by atoms with E-state index in [1.165, 1.54) is 0 Å². The number of aromatic nitrogens is 4. The lowest BCUT2D eigenvalue weighted by Gasteiger charge is -2.17. The average Bonchev–Trinajstić information content (AvgIpc) is 2.91. The van der Waals surface area contributed by atoms with Crippen molar-refractivity contribution in [1.29, 1.82) is 0 Å². The minimum atomic E-state index is 0.119. The molecule has 0 bridgehead atoms. The van der Waals surface area contributed by atoms with Crippen LogP contribution in [0, 0.1) is 0 Å². The predicted octanol–water partition coefficient (Wildman–Crippen LogP) is 1.98. The van der Waals surface area contributed by atoms with Crippen molar-refractivity contribution in [2.45, 2.75) is 39.3 Å². The molecule has 0 amide bonds. The van der Waals surface area contributed by atoms with Gasteiger partial charge in [-0.2, -0.15) is 0 Å². The maximum absolute atomic E-state index is 4.43. The van der Waals surface area contributed by atoms with Gasteiger partial charge in [0.1, 0.15) is 11.6 Å². The van der Waals surface area contributed by atoms with Crippen LogP contribution in [0.15, 0.2) is 30.9 Å². The zero-order valence-electron chi connectivity index (χ0n) is 11.6. The molecule has 0 saturated carbocycles. The summed E-state index contributed by atoms with van der Waals surface area (Å²) in [7, 11) is 0. The third kappa shape index (κ3) is 3.61. The molecule has 1 N–H and O–H groups in total. The molecule has 1 atom stereocenters. The van der Waals surface area contributed by atoms with Gasteiger partial charge < -0.3 is 9.88 Å². The summed E-state index contributed by atoms with van der Waals surface area (Å²) in [5.41, 5.74) is 0. The predicted molar refractivity (Wildman–Crippen MR) is 74.7 cm³/mol. The highest BCUT2D eigenvalue weighted by atomic mass is 15.1. The molecule has 2 rings (SSSR count). The van der Waals surface area contributed by atoms with Gasteiger partial charge in [-0.15, -0.1) is 0 Å². The molecule has 0 saturated heterocycles. The molecule has 19 heavy (non-hydrogen) atoms. The highest BCUT2D eigenvalue weighted by Crippen LogP contribution is 2.13. The van der Waals surface area contributed by atoms with Crippen LogP contribution in [0.4, 0.5) is 0 Å². The smallest absolute Gasteiger partial charge is 0.145 e. The van der Waals surface area contributed by atoms with E-state index >= 15 is 0 Å². The van der Waals surface area contributed by atoms with Crippen LogP contribution in [-0.2, 0) is 13.0 Å². The topological polar surface area (TPSA) is 55.6 Å². The van der Waals surface area contributed by atoms with Gasteiger partial charge in [-0.05, 0) is 26.0 Å². The van der Waals surface area contributed by atoms with Gasteiger partial charge in [0, 0.05) is 37.8 Å². The molecule has 0 aliphatic rings. The summed E-state index contributed by atoms with van der Waals surface area (Å²) in [6.07, 6.45) is 9.33. The number of aryl methyl sites for hydroxylation is 1. The van der Waals surface area contributed by atoms with Crippen molar-refractivity contribution in [3.05, 3.63) is 42.5 Å². The fourth-order valence-corrected chi connectivity index (χ4v) is 2.06. The molecule has 102 valence electrons. The standard InChI is InChI=1S/C14H21N5/c1-3-6-15-12(14-17-7-5-8-18-14)11-13-16-9-10-19(13)4-2/h5,7-10,12,15H,3-4,6,11H2,1-2H3. The van der Waals surface area contributed by atoms with Gasteiger partial charge in [0.05, 0.1) is 6.04 Å². The van der Waals surface area contributed by atoms with E-state index in [1.807, 2.05) is 18.5 Å². The quantitative estimate of drug-likeness (QED) is 0.826. The third-order valence-electron chi connectivity index (χ3n) is 3.07. The van der Waals surface area contributed by atoms with Crippen molar-refractivity contribution in [2.24, 2.45) is 0 Å². The van der Waals surface area contributed by atoms with Gasteiger partial charge in [-0.1, -0.05) is 6.92 Å². The Morgan fingerprint density at radius 2 is 1.95 bits per heavy atom. The van der Waals surface area contributed by atoms with Crippen molar-refractivity contribution in [3.63, 3.8) is 0 Å². The summed E-state index contributed by atoms with van der Waals surface area (Å²) in [6.45, 7) is 6.17. The minimum absolute atomic E-state index is 0.119. The van der Waals surface area contributed by atoms with E-state index in [4.69, 9.17) is 0 Å². The number of hydrogen-bond donors (Lipinski definition) is 1. The van der Waals surface area contributed by atoms with Crippen LogP contribution in [-0.4, -0.2) is 26.1 Å². The Morgan fingerprint density at radius 1 is 1.16 bits per heavy atom. The molecule has 2 aromatic rings. The van der Waals surface area contributed by atoms with Crippen LogP contribution in [0.25, 0.3) is 0 Å². The lowest BCUT2D eigenvalue weighted by atomic mass is 10.1. The van der Waals surface area contributed by atoms with Gasteiger partial charge in [0.15, 0.2) is 0 Å². The fraction of sp³-hybridized carbons (Fsp3) is 0.500. The molecule has 0 aliphatic carbocycles. The summed E-state index contributed by atoms with van der Waals surface area (Å²) in [6, 6.07) is 1.96. The first-order valence-electron chi connectivity index (χ1n) is 6.85. The van der Waals surface area contributed by atoms with E-state index in [2.05, 4.69) is 38.7 Å². The number of nitrogens with one attached hydrogen (secondary N) is 1. The first-order chi connectivity index (χ1) is 9.35. The Hall–Kier alpha value is -1.75. The van der Waals surface area contributed by atoms with Crippen molar-refractivity contribution in [2.75, 3.05) is 6.54 Å². The lowest BCUT2D eigenvalue weighted by Crippen LogP contribution is -2.27. The summed E-state index contributed by atoms with van der Waals surface area (Å²) >= 11 is 0. The van der Waals surface area contributed by atoms with Crippen LogP contribution >= 0.6 is 0 Å². The monoisotopic (exact) mass is 259 g/mol. The molecule has 0 spiro atoms. The van der Waals surface area contributed by atoms with Crippen LogP contribution in [0.5, 0.6) is 0 Å².